The predicted molar refractivity (Wildman–Crippen MR) is 94.9 cm³/mol. The number of nitrogens with zero attached hydrogens (tertiary/aromatic N) is 3. The molecule has 1 N–H and O–H groups in total. The summed E-state index contributed by atoms with van der Waals surface area (Å²) in [6, 6.07) is 5.76. The van der Waals surface area contributed by atoms with Gasteiger partial charge in [0.05, 0.1) is 18.8 Å². The molecule has 1 aliphatic rings. The second kappa shape index (κ2) is 7.04. The molecule has 0 spiro atoms. The van der Waals surface area contributed by atoms with Crippen LogP contribution in [0.25, 0.3) is 0 Å². The van der Waals surface area contributed by atoms with E-state index in [0.29, 0.717) is 13.0 Å². The molecule has 2 aromatic rings. The Balaban J connectivity index is 1.75. The minimum absolute atomic E-state index is 0.00178. The third kappa shape index (κ3) is 3.95. The summed E-state index contributed by atoms with van der Waals surface area (Å²) in [6.07, 6.45) is 4.08. The molecule has 3 rings (SSSR count). The van der Waals surface area contributed by atoms with Crippen molar-refractivity contribution in [1.29, 1.82) is 0 Å². The number of fused-ring (bicyclic) bond motifs is 1. The van der Waals surface area contributed by atoms with Gasteiger partial charge in [0.25, 0.3) is 0 Å². The Morgan fingerprint density at radius 2 is 2.20 bits per heavy atom. The quantitative estimate of drug-likeness (QED) is 0.871. The zero-order chi connectivity index (χ0) is 18.0. The summed E-state index contributed by atoms with van der Waals surface area (Å²) in [4.78, 5) is 4.04. The van der Waals surface area contributed by atoms with Crippen LogP contribution in [-0.4, -0.2) is 38.7 Å². The highest BCUT2D eigenvalue weighted by Crippen LogP contribution is 2.37. The van der Waals surface area contributed by atoms with E-state index in [2.05, 4.69) is 10.1 Å². The van der Waals surface area contributed by atoms with Crippen LogP contribution in [0, 0.1) is 5.41 Å². The molecule has 0 saturated heterocycles. The van der Waals surface area contributed by atoms with E-state index in [1.807, 2.05) is 45.9 Å². The first kappa shape index (κ1) is 17.7. The van der Waals surface area contributed by atoms with Gasteiger partial charge in [0.1, 0.15) is 30.3 Å². The summed E-state index contributed by atoms with van der Waals surface area (Å²) in [5.41, 5.74) is 0.892. The first-order chi connectivity index (χ1) is 11.9. The summed E-state index contributed by atoms with van der Waals surface area (Å²) in [5, 5.41) is 15.1. The van der Waals surface area contributed by atoms with E-state index in [0.717, 1.165) is 23.5 Å². The summed E-state index contributed by atoms with van der Waals surface area (Å²) in [5.74, 6) is 1.77. The Labute approximate surface area is 148 Å². The lowest BCUT2D eigenvalue weighted by Gasteiger charge is -2.34. The summed E-state index contributed by atoms with van der Waals surface area (Å²) >= 11 is 0. The number of hydrogen-bond donors (Lipinski definition) is 1. The topological polar surface area (TPSA) is 69.4 Å². The Kier molecular flexibility index (Phi) is 4.99. The highest BCUT2D eigenvalue weighted by Gasteiger charge is 2.36. The number of aromatic nitrogens is 3. The van der Waals surface area contributed by atoms with Crippen molar-refractivity contribution in [3.05, 3.63) is 36.4 Å². The largest absolute Gasteiger partial charge is 0.494 e. The van der Waals surface area contributed by atoms with Crippen molar-refractivity contribution < 1.29 is 14.6 Å². The van der Waals surface area contributed by atoms with E-state index in [1.165, 1.54) is 6.33 Å². The van der Waals surface area contributed by atoms with Crippen LogP contribution in [0.5, 0.6) is 11.5 Å². The smallest absolute Gasteiger partial charge is 0.137 e. The molecule has 136 valence electrons. The van der Waals surface area contributed by atoms with Crippen LogP contribution in [0.4, 0.5) is 0 Å². The first-order valence-corrected chi connectivity index (χ1v) is 8.83. The molecule has 0 bridgehead atoms. The van der Waals surface area contributed by atoms with Gasteiger partial charge in [-0.15, -0.1) is 0 Å². The second-order valence-corrected chi connectivity index (χ2v) is 7.64. The van der Waals surface area contributed by atoms with Crippen LogP contribution in [0.2, 0.25) is 0 Å². The molecule has 0 aliphatic carbocycles. The van der Waals surface area contributed by atoms with Crippen LogP contribution >= 0.6 is 0 Å². The second-order valence-electron chi connectivity index (χ2n) is 7.64. The molecule has 3 unspecified atom stereocenters. The molecule has 0 fully saturated rings. The van der Waals surface area contributed by atoms with Crippen molar-refractivity contribution >= 4 is 0 Å². The molecule has 25 heavy (non-hydrogen) atoms. The zero-order valence-electron chi connectivity index (χ0n) is 15.3. The van der Waals surface area contributed by atoms with Crippen LogP contribution in [-0.2, 0) is 6.42 Å². The van der Waals surface area contributed by atoms with E-state index in [1.54, 1.807) is 11.0 Å². The molecule has 1 aliphatic heterocycles. The molecule has 1 aromatic carbocycles. The predicted octanol–water partition coefficient (Wildman–Crippen LogP) is 3.02. The molecule has 0 saturated carbocycles. The molecule has 2 heterocycles. The van der Waals surface area contributed by atoms with Crippen molar-refractivity contribution in [2.75, 3.05) is 6.61 Å². The molecule has 0 amide bonds. The third-order valence-corrected chi connectivity index (χ3v) is 4.62. The van der Waals surface area contributed by atoms with Gasteiger partial charge >= 0.3 is 0 Å². The highest BCUT2D eigenvalue weighted by atomic mass is 16.5. The minimum Gasteiger partial charge on any atom is -0.494 e. The average Bonchev–Trinajstić information content (AvgIpc) is 3.20. The van der Waals surface area contributed by atoms with Crippen molar-refractivity contribution in [1.82, 2.24) is 14.8 Å². The van der Waals surface area contributed by atoms with Gasteiger partial charge in [-0.3, -0.25) is 0 Å². The van der Waals surface area contributed by atoms with Crippen LogP contribution < -0.4 is 9.47 Å². The highest BCUT2D eigenvalue weighted by molar-refractivity contribution is 5.43. The van der Waals surface area contributed by atoms with Gasteiger partial charge in [-0.2, -0.15) is 5.10 Å². The molecular formula is C19H27N3O3. The maximum Gasteiger partial charge on any atom is 0.137 e. The number of benzene rings is 1. The van der Waals surface area contributed by atoms with Crippen LogP contribution in [0.15, 0.2) is 30.9 Å². The Bertz CT molecular complexity index is 694. The Hall–Kier alpha value is -2.08. The van der Waals surface area contributed by atoms with E-state index in [-0.39, 0.29) is 17.6 Å². The van der Waals surface area contributed by atoms with Gasteiger partial charge in [-0.1, -0.05) is 20.8 Å². The Morgan fingerprint density at radius 1 is 1.40 bits per heavy atom. The van der Waals surface area contributed by atoms with Gasteiger partial charge in [0.15, 0.2) is 0 Å². The van der Waals surface area contributed by atoms with Gasteiger partial charge in [-0.25, -0.2) is 9.67 Å². The number of aliphatic hydroxyl groups excluding tert-OH is 1. The van der Waals surface area contributed by atoms with Crippen LogP contribution in [0.3, 0.4) is 0 Å². The van der Waals surface area contributed by atoms with Gasteiger partial charge in [-0.05, 0) is 30.5 Å². The number of ether oxygens (including phenoxy) is 2. The molecule has 3 atom stereocenters. The fourth-order valence-corrected chi connectivity index (χ4v) is 3.30. The molecule has 1 aromatic heterocycles. The lowest BCUT2D eigenvalue weighted by molar-refractivity contribution is -0.00212. The zero-order valence-corrected chi connectivity index (χ0v) is 15.3. The molecule has 0 radical (unpaired) electrons. The lowest BCUT2D eigenvalue weighted by atomic mass is 9.82. The monoisotopic (exact) mass is 345 g/mol. The standard InChI is InChI=1S/C19H27N3O3/c1-5-24-14-6-7-17-13(8-14)9-15(25-17)10-16(18(23)19(2,3)4)22-12-20-11-21-22/h6-8,11-12,15-16,18,23H,5,9-10H2,1-4H3. The minimum atomic E-state index is -0.555. The van der Waals surface area contributed by atoms with Crippen molar-refractivity contribution in [2.45, 2.75) is 58.8 Å². The van der Waals surface area contributed by atoms with Crippen molar-refractivity contribution in [3.8, 4) is 11.5 Å². The fraction of sp³-hybridized carbons (Fsp3) is 0.579. The Morgan fingerprint density at radius 3 is 2.84 bits per heavy atom. The van der Waals surface area contributed by atoms with E-state index in [4.69, 9.17) is 9.47 Å². The maximum absolute atomic E-state index is 10.8. The van der Waals surface area contributed by atoms with Crippen molar-refractivity contribution in [3.63, 3.8) is 0 Å². The normalized spacial score (nSPS) is 19.2. The fourth-order valence-electron chi connectivity index (χ4n) is 3.30. The number of hydrogen-bond acceptors (Lipinski definition) is 5. The summed E-state index contributed by atoms with van der Waals surface area (Å²) in [6.45, 7) is 8.71. The average molecular weight is 345 g/mol. The molecular weight excluding hydrogens is 318 g/mol. The maximum atomic E-state index is 10.8. The van der Waals surface area contributed by atoms with Gasteiger partial charge in [0.2, 0.25) is 0 Å². The van der Waals surface area contributed by atoms with Gasteiger partial charge < -0.3 is 14.6 Å². The molecule has 6 heteroatoms. The van der Waals surface area contributed by atoms with Crippen molar-refractivity contribution in [2.24, 2.45) is 5.41 Å². The first-order valence-electron chi connectivity index (χ1n) is 8.83. The van der Waals surface area contributed by atoms with E-state index in [9.17, 15) is 5.11 Å². The third-order valence-electron chi connectivity index (χ3n) is 4.62. The van der Waals surface area contributed by atoms with Crippen LogP contribution in [0.1, 0.15) is 45.7 Å². The SMILES string of the molecule is CCOc1ccc2c(c1)CC(CC(C(O)C(C)(C)C)n1cncn1)O2. The number of aliphatic hydroxyl groups is 1. The van der Waals surface area contributed by atoms with E-state index >= 15 is 0 Å². The van der Waals surface area contributed by atoms with Gasteiger partial charge in [0, 0.05) is 18.4 Å². The summed E-state index contributed by atoms with van der Waals surface area (Å²) < 4.78 is 13.4. The molecule has 6 nitrogen and oxygen atoms in total. The van der Waals surface area contributed by atoms with E-state index < -0.39 is 6.10 Å². The lowest BCUT2D eigenvalue weighted by Crippen LogP contribution is -2.38. The number of rotatable bonds is 6. The summed E-state index contributed by atoms with van der Waals surface area (Å²) in [7, 11) is 0.